The van der Waals surface area contributed by atoms with E-state index >= 15 is 0 Å². The summed E-state index contributed by atoms with van der Waals surface area (Å²) in [7, 11) is 0. The third kappa shape index (κ3) is 0.759. The molecule has 1 aliphatic heterocycles. The van der Waals surface area contributed by atoms with Crippen molar-refractivity contribution < 1.29 is 9.59 Å². The highest BCUT2D eigenvalue weighted by Gasteiger charge is 2.59. The summed E-state index contributed by atoms with van der Waals surface area (Å²) in [5, 5.41) is 5.16. The molecule has 1 spiro atoms. The number of carbonyl (C=O) groups excluding carboxylic acids is 2. The Balaban J connectivity index is 1.98. The first-order valence-corrected chi connectivity index (χ1v) is 4.84. The van der Waals surface area contributed by atoms with E-state index in [2.05, 4.69) is 10.6 Å². The first-order valence-electron chi connectivity index (χ1n) is 4.84. The summed E-state index contributed by atoms with van der Waals surface area (Å²) in [6.07, 6.45) is 4.30. The van der Waals surface area contributed by atoms with Gasteiger partial charge in [0.25, 0.3) is 5.91 Å². The molecule has 1 saturated heterocycles. The number of fused-ring (bicyclic) bond motifs is 3. The number of carbonyl (C=O) groups is 2. The maximum Gasteiger partial charge on any atom is 0.322 e. The Morgan fingerprint density at radius 3 is 2.62 bits per heavy atom. The van der Waals surface area contributed by atoms with Gasteiger partial charge in [0.1, 0.15) is 5.54 Å². The monoisotopic (exact) mass is 180 g/mol. The molecule has 0 aromatic heterocycles. The van der Waals surface area contributed by atoms with Gasteiger partial charge in [-0.15, -0.1) is 0 Å². The van der Waals surface area contributed by atoms with Crippen LogP contribution in [0.25, 0.3) is 0 Å². The standard InChI is InChI=1S/C9H12N2O2/c12-7-9(11-8(13)10-7)4-5-1-2-6(9)3-5/h5-6H,1-4H2,(H2,10,11,12,13)/t5-,6-,9-/m0/s1. The second kappa shape index (κ2) is 2.05. The van der Waals surface area contributed by atoms with Crippen LogP contribution in [-0.2, 0) is 4.79 Å². The van der Waals surface area contributed by atoms with Crippen molar-refractivity contribution in [2.75, 3.05) is 0 Å². The summed E-state index contributed by atoms with van der Waals surface area (Å²) in [5.41, 5.74) is -0.514. The molecule has 3 amide bonds. The molecule has 0 unspecified atom stereocenters. The Morgan fingerprint density at radius 1 is 1.31 bits per heavy atom. The molecule has 3 rings (SSSR count). The van der Waals surface area contributed by atoms with E-state index in [9.17, 15) is 9.59 Å². The van der Waals surface area contributed by atoms with Crippen LogP contribution in [0.3, 0.4) is 0 Å². The zero-order chi connectivity index (χ0) is 9.05. The predicted octanol–water partition coefficient (Wildman–Crippen LogP) is 0.385. The first kappa shape index (κ1) is 7.35. The SMILES string of the molecule is O=C1NC(=O)[C@@]2(C[C@H]3CC[C@H]2C3)N1. The lowest BCUT2D eigenvalue weighted by atomic mass is 9.81. The highest BCUT2D eigenvalue weighted by atomic mass is 16.2. The van der Waals surface area contributed by atoms with Crippen molar-refractivity contribution in [2.45, 2.75) is 31.2 Å². The highest BCUT2D eigenvalue weighted by molar-refractivity contribution is 6.07. The van der Waals surface area contributed by atoms with Crippen LogP contribution in [0.1, 0.15) is 25.7 Å². The van der Waals surface area contributed by atoms with Gasteiger partial charge < -0.3 is 5.32 Å². The van der Waals surface area contributed by atoms with Crippen LogP contribution in [0, 0.1) is 11.8 Å². The Morgan fingerprint density at radius 2 is 2.15 bits per heavy atom. The Bertz CT molecular complexity index is 302. The number of urea groups is 1. The fraction of sp³-hybridized carbons (Fsp3) is 0.778. The molecule has 2 saturated carbocycles. The molecule has 2 N–H and O–H groups in total. The minimum Gasteiger partial charge on any atom is -0.323 e. The molecular weight excluding hydrogens is 168 g/mol. The highest BCUT2D eigenvalue weighted by Crippen LogP contribution is 2.51. The van der Waals surface area contributed by atoms with Crippen LogP contribution < -0.4 is 10.6 Å². The zero-order valence-corrected chi connectivity index (χ0v) is 7.30. The summed E-state index contributed by atoms with van der Waals surface area (Å²) in [5.74, 6) is 0.961. The molecule has 1 heterocycles. The summed E-state index contributed by atoms with van der Waals surface area (Å²) in [6, 6.07) is -0.308. The molecule has 70 valence electrons. The van der Waals surface area contributed by atoms with Crippen molar-refractivity contribution in [3.05, 3.63) is 0 Å². The lowest BCUT2D eigenvalue weighted by Gasteiger charge is -2.30. The van der Waals surface area contributed by atoms with Gasteiger partial charge in [0.2, 0.25) is 0 Å². The van der Waals surface area contributed by atoms with Crippen LogP contribution in [-0.4, -0.2) is 17.5 Å². The van der Waals surface area contributed by atoms with Crippen LogP contribution in [0.15, 0.2) is 0 Å². The van der Waals surface area contributed by atoms with E-state index in [1.807, 2.05) is 0 Å². The van der Waals surface area contributed by atoms with E-state index in [4.69, 9.17) is 0 Å². The topological polar surface area (TPSA) is 58.2 Å². The quantitative estimate of drug-likeness (QED) is 0.530. The van der Waals surface area contributed by atoms with Gasteiger partial charge in [0.05, 0.1) is 0 Å². The minimum atomic E-state index is -0.514. The zero-order valence-electron chi connectivity index (χ0n) is 7.30. The van der Waals surface area contributed by atoms with Crippen molar-refractivity contribution in [1.82, 2.24) is 10.6 Å². The fourth-order valence-electron chi connectivity index (χ4n) is 3.27. The second-order valence-electron chi connectivity index (χ2n) is 4.46. The minimum absolute atomic E-state index is 0.0929. The number of rotatable bonds is 0. The first-order chi connectivity index (χ1) is 6.21. The third-order valence-corrected chi connectivity index (χ3v) is 3.82. The lowest BCUT2D eigenvalue weighted by Crippen LogP contribution is -2.51. The second-order valence-corrected chi connectivity index (χ2v) is 4.46. The van der Waals surface area contributed by atoms with Crippen molar-refractivity contribution in [2.24, 2.45) is 11.8 Å². The maximum atomic E-state index is 11.6. The van der Waals surface area contributed by atoms with E-state index in [1.54, 1.807) is 0 Å². The van der Waals surface area contributed by atoms with Crippen LogP contribution in [0.5, 0.6) is 0 Å². The van der Waals surface area contributed by atoms with Gasteiger partial charge in [0.15, 0.2) is 0 Å². The van der Waals surface area contributed by atoms with E-state index < -0.39 is 5.54 Å². The summed E-state index contributed by atoms with van der Waals surface area (Å²) in [4.78, 5) is 22.7. The Labute approximate surface area is 76.1 Å². The smallest absolute Gasteiger partial charge is 0.322 e. The number of nitrogens with one attached hydrogen (secondary N) is 2. The van der Waals surface area contributed by atoms with Gasteiger partial charge in [-0.05, 0) is 37.5 Å². The summed E-state index contributed by atoms with van der Waals surface area (Å²) >= 11 is 0. The van der Waals surface area contributed by atoms with E-state index in [1.165, 1.54) is 6.42 Å². The van der Waals surface area contributed by atoms with Gasteiger partial charge in [-0.3, -0.25) is 10.1 Å². The van der Waals surface area contributed by atoms with E-state index in [0.29, 0.717) is 11.8 Å². The molecule has 0 aromatic rings. The maximum absolute atomic E-state index is 11.6. The molecule has 0 aromatic carbocycles. The van der Waals surface area contributed by atoms with Crippen LogP contribution in [0.4, 0.5) is 4.79 Å². The molecule has 2 bridgehead atoms. The van der Waals surface area contributed by atoms with Crippen LogP contribution in [0.2, 0.25) is 0 Å². The summed E-state index contributed by atoms with van der Waals surface area (Å²) in [6.45, 7) is 0. The van der Waals surface area contributed by atoms with E-state index in [-0.39, 0.29) is 11.9 Å². The number of hydrogen-bond donors (Lipinski definition) is 2. The molecule has 3 fully saturated rings. The lowest BCUT2D eigenvalue weighted by molar-refractivity contribution is -0.125. The average Bonchev–Trinajstić information content (AvgIpc) is 2.68. The normalized spacial score (nSPS) is 47.1. The van der Waals surface area contributed by atoms with E-state index in [0.717, 1.165) is 19.3 Å². The third-order valence-electron chi connectivity index (χ3n) is 3.82. The van der Waals surface area contributed by atoms with Crippen molar-refractivity contribution in [3.8, 4) is 0 Å². The van der Waals surface area contributed by atoms with Gasteiger partial charge in [-0.1, -0.05) is 0 Å². The molecule has 4 heteroatoms. The van der Waals surface area contributed by atoms with Crippen molar-refractivity contribution in [1.29, 1.82) is 0 Å². The van der Waals surface area contributed by atoms with Crippen LogP contribution >= 0.6 is 0 Å². The molecule has 3 aliphatic rings. The molecular formula is C9H12N2O2. The number of amides is 3. The van der Waals surface area contributed by atoms with Crippen molar-refractivity contribution in [3.63, 3.8) is 0 Å². The van der Waals surface area contributed by atoms with Gasteiger partial charge >= 0.3 is 6.03 Å². The average molecular weight is 180 g/mol. The molecule has 2 aliphatic carbocycles. The molecule has 13 heavy (non-hydrogen) atoms. The van der Waals surface area contributed by atoms with Gasteiger partial charge in [-0.2, -0.15) is 0 Å². The Hall–Kier alpha value is -1.06. The number of hydrogen-bond acceptors (Lipinski definition) is 2. The molecule has 3 atom stereocenters. The van der Waals surface area contributed by atoms with Gasteiger partial charge in [-0.25, -0.2) is 4.79 Å². The predicted molar refractivity (Wildman–Crippen MR) is 44.9 cm³/mol. The number of imide groups is 1. The fourth-order valence-corrected chi connectivity index (χ4v) is 3.27. The van der Waals surface area contributed by atoms with Crippen molar-refractivity contribution >= 4 is 11.9 Å². The molecule has 0 radical (unpaired) electrons. The molecule has 4 nitrogen and oxygen atoms in total. The summed E-state index contributed by atoms with van der Waals surface area (Å²) < 4.78 is 0. The van der Waals surface area contributed by atoms with Gasteiger partial charge in [0, 0.05) is 0 Å². The Kier molecular flexibility index (Phi) is 1.16. The largest absolute Gasteiger partial charge is 0.323 e.